The fraction of sp³-hybridized carbons (Fsp3) is 0.150. The molecule has 0 saturated carbocycles. The second-order valence-corrected chi connectivity index (χ2v) is 11.2. The maximum atomic E-state index is 12.2. The Kier molecular flexibility index (Phi) is 8.70. The van der Waals surface area contributed by atoms with Gasteiger partial charge < -0.3 is 19.7 Å². The maximum absolute atomic E-state index is 12.2. The lowest BCUT2D eigenvalue weighted by Gasteiger charge is -2.16. The number of fused-ring (bicyclic) bond motifs is 2. The van der Waals surface area contributed by atoms with Crippen molar-refractivity contribution in [2.45, 2.75) is 26.7 Å². The number of hydrogen-bond donors (Lipinski definition) is 2. The van der Waals surface area contributed by atoms with Crippen LogP contribution in [-0.2, 0) is 22.3 Å². The zero-order chi connectivity index (χ0) is 32.2. The molecule has 0 saturated heterocycles. The first-order chi connectivity index (χ1) is 22.3. The third kappa shape index (κ3) is 6.28. The fourth-order valence-electron chi connectivity index (χ4n) is 6.00. The van der Waals surface area contributed by atoms with E-state index in [9.17, 15) is 19.8 Å². The van der Waals surface area contributed by atoms with Gasteiger partial charge >= 0.3 is 11.9 Å². The Hall–Kier alpha value is -5.62. The van der Waals surface area contributed by atoms with Gasteiger partial charge in [-0.05, 0) is 107 Å². The van der Waals surface area contributed by atoms with Crippen LogP contribution in [0, 0.1) is 0 Å². The summed E-state index contributed by atoms with van der Waals surface area (Å²) in [5, 5.41) is 25.7. The summed E-state index contributed by atoms with van der Waals surface area (Å²) < 4.78 is 10.3. The predicted octanol–water partition coefficient (Wildman–Crippen LogP) is 8.61. The molecule has 0 unspecified atom stereocenters. The summed E-state index contributed by atoms with van der Waals surface area (Å²) in [4.78, 5) is 24.4. The number of hydrogen-bond acceptors (Lipinski definition) is 6. The van der Waals surface area contributed by atoms with Crippen LogP contribution in [0.1, 0.15) is 56.8 Å². The number of carbonyl (C=O) groups is 2. The molecule has 0 heterocycles. The zero-order valence-corrected chi connectivity index (χ0v) is 25.7. The Morgan fingerprint density at radius 2 is 0.935 bits per heavy atom. The van der Waals surface area contributed by atoms with Gasteiger partial charge in [0.15, 0.2) is 0 Å². The van der Waals surface area contributed by atoms with Gasteiger partial charge in [0.1, 0.15) is 11.5 Å². The van der Waals surface area contributed by atoms with Gasteiger partial charge in [0, 0.05) is 11.1 Å². The number of aromatic hydroxyl groups is 2. The van der Waals surface area contributed by atoms with Crippen LogP contribution in [0.2, 0.25) is 0 Å². The Morgan fingerprint density at radius 1 is 0.522 bits per heavy atom. The number of benzene rings is 6. The van der Waals surface area contributed by atoms with Crippen molar-refractivity contribution in [1.82, 2.24) is 0 Å². The molecule has 6 aromatic rings. The number of carbonyl (C=O) groups excluding carboxylic acids is 2. The first kappa shape index (κ1) is 30.4. The third-order valence-corrected chi connectivity index (χ3v) is 8.07. The van der Waals surface area contributed by atoms with Crippen molar-refractivity contribution in [3.8, 4) is 22.6 Å². The predicted molar refractivity (Wildman–Crippen MR) is 181 cm³/mol. The van der Waals surface area contributed by atoms with Crippen molar-refractivity contribution < 1.29 is 29.3 Å². The zero-order valence-electron chi connectivity index (χ0n) is 25.7. The van der Waals surface area contributed by atoms with Gasteiger partial charge in [-0.15, -0.1) is 0 Å². The van der Waals surface area contributed by atoms with Crippen LogP contribution in [0.15, 0.2) is 109 Å². The van der Waals surface area contributed by atoms with Crippen LogP contribution in [0.25, 0.3) is 32.7 Å². The molecule has 0 aliphatic heterocycles. The molecule has 6 heteroatoms. The molecule has 0 bridgehead atoms. The van der Waals surface area contributed by atoms with Gasteiger partial charge in [0.05, 0.1) is 24.3 Å². The number of ether oxygens (including phenoxy) is 2. The number of esters is 2. The highest BCUT2D eigenvalue weighted by molar-refractivity contribution is 6.09. The van der Waals surface area contributed by atoms with E-state index in [0.717, 1.165) is 43.8 Å². The molecule has 0 radical (unpaired) electrons. The summed E-state index contributed by atoms with van der Waals surface area (Å²) in [6, 6.07) is 34.0. The van der Waals surface area contributed by atoms with E-state index in [2.05, 4.69) is 12.1 Å². The molecule has 0 amide bonds. The van der Waals surface area contributed by atoms with Crippen LogP contribution >= 0.6 is 0 Å². The number of phenols is 2. The highest BCUT2D eigenvalue weighted by Crippen LogP contribution is 2.45. The number of phenolic OH excluding ortho intramolecular Hbond substituents is 2. The summed E-state index contributed by atoms with van der Waals surface area (Å²) in [6.07, 6.45) is 1.23. The normalized spacial score (nSPS) is 11.1. The van der Waals surface area contributed by atoms with Gasteiger partial charge in [-0.3, -0.25) is 0 Å². The molecule has 0 fully saturated rings. The Labute approximate surface area is 267 Å². The average Bonchev–Trinajstić information content (AvgIpc) is 3.06. The smallest absolute Gasteiger partial charge is 0.338 e. The van der Waals surface area contributed by atoms with E-state index in [1.165, 1.54) is 0 Å². The molecule has 230 valence electrons. The first-order valence-electron chi connectivity index (χ1n) is 15.4. The lowest BCUT2D eigenvalue weighted by molar-refractivity contribution is 0.0516. The van der Waals surface area contributed by atoms with Crippen molar-refractivity contribution in [1.29, 1.82) is 0 Å². The van der Waals surface area contributed by atoms with Crippen LogP contribution in [0.4, 0.5) is 0 Å². The SMILES string of the molecule is CCOC(=O)c1cccc(Cc2ccc3c(-c4c(O)ccc5cc(Cc6cccc(C(=O)OCC)c6)ccc45)c(O)ccc3c2)c1. The molecule has 0 aliphatic rings. The minimum absolute atomic E-state index is 0.0741. The molecule has 0 atom stereocenters. The summed E-state index contributed by atoms with van der Waals surface area (Å²) in [5.41, 5.74) is 6.22. The molecule has 6 nitrogen and oxygen atoms in total. The van der Waals surface area contributed by atoms with E-state index in [1.54, 1.807) is 38.1 Å². The fourth-order valence-corrected chi connectivity index (χ4v) is 6.00. The summed E-state index contributed by atoms with van der Waals surface area (Å²) in [5.74, 6) is -0.531. The lowest BCUT2D eigenvalue weighted by Crippen LogP contribution is -2.05. The van der Waals surface area contributed by atoms with Crippen LogP contribution < -0.4 is 0 Å². The second kappa shape index (κ2) is 13.2. The topological polar surface area (TPSA) is 93.1 Å². The minimum Gasteiger partial charge on any atom is -0.507 e. The van der Waals surface area contributed by atoms with Crippen LogP contribution in [0.3, 0.4) is 0 Å². The van der Waals surface area contributed by atoms with Crippen molar-refractivity contribution in [3.63, 3.8) is 0 Å². The van der Waals surface area contributed by atoms with Crippen LogP contribution in [-0.4, -0.2) is 35.4 Å². The van der Waals surface area contributed by atoms with Crippen molar-refractivity contribution in [2.75, 3.05) is 13.2 Å². The van der Waals surface area contributed by atoms with Crippen LogP contribution in [0.5, 0.6) is 11.5 Å². The molecule has 6 aromatic carbocycles. The monoisotopic (exact) mass is 610 g/mol. The Bertz CT molecular complexity index is 1940. The highest BCUT2D eigenvalue weighted by Gasteiger charge is 2.18. The molecular formula is C40H34O6. The minimum atomic E-state index is -0.340. The molecule has 46 heavy (non-hydrogen) atoms. The Morgan fingerprint density at radius 3 is 1.35 bits per heavy atom. The van der Waals surface area contributed by atoms with E-state index in [0.29, 0.717) is 48.3 Å². The molecule has 2 N–H and O–H groups in total. The van der Waals surface area contributed by atoms with E-state index < -0.39 is 0 Å². The standard InChI is InChI=1S/C40H34O6/c1-3-45-39(43)31-9-5-7-25(23-31)19-27-11-15-33-29(21-27)13-17-35(41)37(33)38-34-16-12-28(22-30(34)14-18-36(38)42)20-26-8-6-10-32(24-26)40(44)46-4-2/h5-18,21-24,41-42H,3-4,19-20H2,1-2H3. The average molecular weight is 611 g/mol. The van der Waals surface area contributed by atoms with E-state index in [-0.39, 0.29) is 23.4 Å². The van der Waals surface area contributed by atoms with Gasteiger partial charge in [-0.25, -0.2) is 9.59 Å². The van der Waals surface area contributed by atoms with Crippen molar-refractivity contribution in [3.05, 3.63) is 143 Å². The Balaban J connectivity index is 1.34. The van der Waals surface area contributed by atoms with E-state index in [1.807, 2.05) is 72.8 Å². The van der Waals surface area contributed by atoms with Gasteiger partial charge in [-0.2, -0.15) is 0 Å². The van der Waals surface area contributed by atoms with Gasteiger partial charge in [0.2, 0.25) is 0 Å². The second-order valence-electron chi connectivity index (χ2n) is 11.2. The number of rotatable bonds is 9. The highest BCUT2D eigenvalue weighted by atomic mass is 16.5. The summed E-state index contributed by atoms with van der Waals surface area (Å²) >= 11 is 0. The third-order valence-electron chi connectivity index (χ3n) is 8.07. The summed E-state index contributed by atoms with van der Waals surface area (Å²) in [6.45, 7) is 4.22. The maximum Gasteiger partial charge on any atom is 0.338 e. The molecule has 0 spiro atoms. The van der Waals surface area contributed by atoms with Crippen molar-refractivity contribution in [2.24, 2.45) is 0 Å². The van der Waals surface area contributed by atoms with E-state index >= 15 is 0 Å². The van der Waals surface area contributed by atoms with Gasteiger partial charge in [0.25, 0.3) is 0 Å². The lowest BCUT2D eigenvalue weighted by atomic mass is 9.90. The van der Waals surface area contributed by atoms with E-state index in [4.69, 9.17) is 9.47 Å². The largest absolute Gasteiger partial charge is 0.507 e. The van der Waals surface area contributed by atoms with Gasteiger partial charge in [-0.1, -0.05) is 72.8 Å². The summed E-state index contributed by atoms with van der Waals surface area (Å²) in [7, 11) is 0. The molecular weight excluding hydrogens is 576 g/mol. The van der Waals surface area contributed by atoms with Crippen molar-refractivity contribution >= 4 is 33.5 Å². The molecule has 0 aromatic heterocycles. The molecule has 6 rings (SSSR count). The first-order valence-corrected chi connectivity index (χ1v) is 15.4. The molecule has 0 aliphatic carbocycles. The quantitative estimate of drug-likeness (QED) is 0.159.